The summed E-state index contributed by atoms with van der Waals surface area (Å²) in [7, 11) is 0. The van der Waals surface area contributed by atoms with Crippen LogP contribution in [0.1, 0.15) is 40.5 Å². The summed E-state index contributed by atoms with van der Waals surface area (Å²) in [6.07, 6.45) is 0.483. The van der Waals surface area contributed by atoms with Gasteiger partial charge < -0.3 is 19.4 Å². The molecule has 0 N–H and O–H groups in total. The Balaban J connectivity index is 1.93. The first-order chi connectivity index (χ1) is 13.5. The van der Waals surface area contributed by atoms with Gasteiger partial charge in [-0.2, -0.15) is 0 Å². The number of hydrogen-bond acceptors (Lipinski definition) is 4. The van der Waals surface area contributed by atoms with E-state index in [1.54, 1.807) is 4.90 Å². The van der Waals surface area contributed by atoms with E-state index in [0.717, 1.165) is 37.6 Å². The molecule has 0 fully saturated rings. The minimum atomic E-state index is -0.0164. The second-order valence-corrected chi connectivity index (χ2v) is 7.62. The highest BCUT2D eigenvalue weighted by atomic mass is 16.5. The van der Waals surface area contributed by atoms with E-state index in [9.17, 15) is 9.59 Å². The molecule has 1 aromatic rings. The predicted molar refractivity (Wildman–Crippen MR) is 113 cm³/mol. The highest BCUT2D eigenvalue weighted by molar-refractivity contribution is 5.97. The molecule has 1 aliphatic rings. The van der Waals surface area contributed by atoms with Crippen LogP contribution in [0, 0.1) is 5.92 Å². The maximum absolute atomic E-state index is 12.8. The fourth-order valence-electron chi connectivity index (χ4n) is 3.50. The number of ether oxygens (including phenoxy) is 1. The van der Waals surface area contributed by atoms with E-state index in [2.05, 4.69) is 32.6 Å². The Kier molecular flexibility index (Phi) is 8.77. The molecule has 1 aliphatic heterocycles. The third-order valence-corrected chi connectivity index (χ3v) is 5.10. The van der Waals surface area contributed by atoms with Gasteiger partial charge in [-0.05, 0) is 31.1 Å². The molecule has 2 rings (SSSR count). The van der Waals surface area contributed by atoms with Gasteiger partial charge in [0.05, 0.1) is 12.2 Å². The smallest absolute Gasteiger partial charge is 0.227 e. The average Bonchev–Trinajstić information content (AvgIpc) is 2.70. The van der Waals surface area contributed by atoms with Crippen LogP contribution in [0.5, 0.6) is 5.75 Å². The van der Waals surface area contributed by atoms with Crippen LogP contribution in [0.3, 0.4) is 0 Å². The second-order valence-electron chi connectivity index (χ2n) is 7.62. The molecule has 1 aromatic carbocycles. The van der Waals surface area contributed by atoms with Crippen molar-refractivity contribution in [2.75, 3.05) is 50.8 Å². The maximum Gasteiger partial charge on any atom is 0.227 e. The van der Waals surface area contributed by atoms with Crippen molar-refractivity contribution in [2.45, 2.75) is 40.5 Å². The van der Waals surface area contributed by atoms with E-state index in [4.69, 9.17) is 4.74 Å². The van der Waals surface area contributed by atoms with Crippen molar-refractivity contribution in [3.8, 4) is 5.75 Å². The van der Waals surface area contributed by atoms with Gasteiger partial charge >= 0.3 is 0 Å². The van der Waals surface area contributed by atoms with E-state index in [1.165, 1.54) is 0 Å². The summed E-state index contributed by atoms with van der Waals surface area (Å²) in [5.41, 5.74) is 0.798. The van der Waals surface area contributed by atoms with E-state index in [-0.39, 0.29) is 24.7 Å². The molecule has 0 unspecified atom stereocenters. The van der Waals surface area contributed by atoms with Crippen molar-refractivity contribution in [3.05, 3.63) is 24.3 Å². The van der Waals surface area contributed by atoms with Gasteiger partial charge in [-0.3, -0.25) is 9.59 Å². The second kappa shape index (κ2) is 11.1. The Labute approximate surface area is 169 Å². The molecule has 28 heavy (non-hydrogen) atoms. The van der Waals surface area contributed by atoms with Gasteiger partial charge in [0.15, 0.2) is 0 Å². The molecule has 0 saturated carbocycles. The molecule has 6 heteroatoms. The van der Waals surface area contributed by atoms with Crippen molar-refractivity contribution in [2.24, 2.45) is 5.92 Å². The number of amides is 2. The van der Waals surface area contributed by atoms with Crippen LogP contribution >= 0.6 is 0 Å². The highest BCUT2D eigenvalue weighted by Gasteiger charge is 2.24. The van der Waals surface area contributed by atoms with Crippen LogP contribution in [-0.2, 0) is 9.59 Å². The Morgan fingerprint density at radius 1 is 1.11 bits per heavy atom. The summed E-state index contributed by atoms with van der Waals surface area (Å²) in [6, 6.07) is 7.56. The Morgan fingerprint density at radius 3 is 2.50 bits per heavy atom. The van der Waals surface area contributed by atoms with Crippen molar-refractivity contribution >= 4 is 17.5 Å². The molecular weight excluding hydrogens is 354 g/mol. The van der Waals surface area contributed by atoms with Crippen molar-refractivity contribution in [1.82, 2.24) is 9.80 Å². The van der Waals surface area contributed by atoms with Crippen molar-refractivity contribution in [1.29, 1.82) is 0 Å². The van der Waals surface area contributed by atoms with E-state index in [0.29, 0.717) is 25.6 Å². The first kappa shape index (κ1) is 22.2. The van der Waals surface area contributed by atoms with Gasteiger partial charge in [-0.1, -0.05) is 39.8 Å². The molecule has 0 bridgehead atoms. The average molecular weight is 390 g/mol. The monoisotopic (exact) mass is 389 g/mol. The maximum atomic E-state index is 12.8. The molecule has 0 atom stereocenters. The Hall–Kier alpha value is -2.08. The minimum absolute atomic E-state index is 0.0164. The SMILES string of the molecule is CCN(CC)CCN(CC(C)C)C(=O)CCC(=O)N1CCOc2ccccc21. The van der Waals surface area contributed by atoms with Crippen LogP contribution in [0.4, 0.5) is 5.69 Å². The first-order valence-corrected chi connectivity index (χ1v) is 10.5. The van der Waals surface area contributed by atoms with Gasteiger partial charge in [0.1, 0.15) is 12.4 Å². The number of para-hydroxylation sites is 2. The molecule has 0 radical (unpaired) electrons. The predicted octanol–water partition coefficient (Wildman–Crippen LogP) is 3.02. The van der Waals surface area contributed by atoms with E-state index >= 15 is 0 Å². The van der Waals surface area contributed by atoms with Gasteiger partial charge in [0.2, 0.25) is 11.8 Å². The lowest BCUT2D eigenvalue weighted by Gasteiger charge is -2.30. The van der Waals surface area contributed by atoms with Crippen molar-refractivity contribution in [3.63, 3.8) is 0 Å². The quantitative estimate of drug-likeness (QED) is 0.617. The van der Waals surface area contributed by atoms with Crippen LogP contribution < -0.4 is 9.64 Å². The molecule has 2 amide bonds. The number of carbonyl (C=O) groups is 2. The normalized spacial score (nSPS) is 13.4. The standard InChI is InChI=1S/C22H35N3O3/c1-5-23(6-2)13-14-24(17-18(3)4)21(26)11-12-22(27)25-15-16-28-20-10-8-7-9-19(20)25/h7-10,18H,5-6,11-17H2,1-4H3. The van der Waals surface area contributed by atoms with E-state index in [1.807, 2.05) is 29.2 Å². The number of rotatable bonds is 10. The van der Waals surface area contributed by atoms with Crippen LogP contribution in [-0.4, -0.2) is 67.5 Å². The summed E-state index contributed by atoms with van der Waals surface area (Å²) in [6.45, 7) is 13.8. The summed E-state index contributed by atoms with van der Waals surface area (Å²) in [5, 5.41) is 0. The number of anilines is 1. The largest absolute Gasteiger partial charge is 0.490 e. The number of nitrogens with zero attached hydrogens (tertiary/aromatic N) is 3. The molecule has 0 aliphatic carbocycles. The number of hydrogen-bond donors (Lipinski definition) is 0. The Bertz CT molecular complexity index is 644. The van der Waals surface area contributed by atoms with Crippen LogP contribution in [0.15, 0.2) is 24.3 Å². The fourth-order valence-corrected chi connectivity index (χ4v) is 3.50. The van der Waals surface area contributed by atoms with Gasteiger partial charge in [-0.25, -0.2) is 0 Å². The third kappa shape index (κ3) is 6.23. The number of likely N-dealkylation sites (N-methyl/N-ethyl adjacent to an activating group) is 1. The summed E-state index contributed by atoms with van der Waals surface area (Å²) < 4.78 is 5.61. The number of benzene rings is 1. The zero-order valence-corrected chi connectivity index (χ0v) is 17.8. The highest BCUT2D eigenvalue weighted by Crippen LogP contribution is 2.31. The molecule has 1 heterocycles. The first-order valence-electron chi connectivity index (χ1n) is 10.5. The molecular formula is C22H35N3O3. The topological polar surface area (TPSA) is 53.1 Å². The molecule has 0 aromatic heterocycles. The third-order valence-electron chi connectivity index (χ3n) is 5.10. The molecule has 0 saturated heterocycles. The summed E-state index contributed by atoms with van der Waals surface area (Å²) >= 11 is 0. The lowest BCUT2D eigenvalue weighted by atomic mass is 10.1. The summed E-state index contributed by atoms with van der Waals surface area (Å²) in [5.74, 6) is 1.18. The lowest BCUT2D eigenvalue weighted by molar-refractivity contribution is -0.133. The molecule has 156 valence electrons. The molecule has 6 nitrogen and oxygen atoms in total. The lowest BCUT2D eigenvalue weighted by Crippen LogP contribution is -2.42. The number of fused-ring (bicyclic) bond motifs is 1. The summed E-state index contributed by atoms with van der Waals surface area (Å²) in [4.78, 5) is 31.6. The van der Waals surface area contributed by atoms with Gasteiger partial charge in [0.25, 0.3) is 0 Å². The minimum Gasteiger partial charge on any atom is -0.490 e. The zero-order chi connectivity index (χ0) is 20.5. The van der Waals surface area contributed by atoms with Crippen molar-refractivity contribution < 1.29 is 14.3 Å². The fraction of sp³-hybridized carbons (Fsp3) is 0.636. The van der Waals surface area contributed by atoms with Gasteiger partial charge in [0, 0.05) is 32.5 Å². The van der Waals surface area contributed by atoms with Gasteiger partial charge in [-0.15, -0.1) is 0 Å². The number of carbonyl (C=O) groups excluding carboxylic acids is 2. The van der Waals surface area contributed by atoms with E-state index < -0.39 is 0 Å². The molecule has 0 spiro atoms. The van der Waals surface area contributed by atoms with Crippen LogP contribution in [0.25, 0.3) is 0 Å². The Morgan fingerprint density at radius 2 is 1.82 bits per heavy atom. The van der Waals surface area contributed by atoms with Crippen LogP contribution in [0.2, 0.25) is 0 Å². The zero-order valence-electron chi connectivity index (χ0n) is 17.8.